The molecule has 0 aromatic carbocycles. The Balaban J connectivity index is 1.68. The average Bonchev–Trinajstić information content (AvgIpc) is 2.79. The summed E-state index contributed by atoms with van der Waals surface area (Å²) in [6.07, 6.45) is 12.9. The van der Waals surface area contributed by atoms with Gasteiger partial charge in [0.15, 0.2) is 0 Å². The topological polar surface area (TPSA) is 21.3 Å². The summed E-state index contributed by atoms with van der Waals surface area (Å²) in [6.45, 7) is 3.17. The first kappa shape index (κ1) is 13.4. The maximum Gasteiger partial charge on any atom is 0.0476 e. The highest BCUT2D eigenvalue weighted by Crippen LogP contribution is 2.48. The van der Waals surface area contributed by atoms with Crippen LogP contribution in [0.15, 0.2) is 0 Å². The summed E-state index contributed by atoms with van der Waals surface area (Å²) < 4.78 is 5.14. The molecule has 100 valence electrons. The van der Waals surface area contributed by atoms with Crippen molar-refractivity contribution >= 4 is 0 Å². The second-order valence-electron chi connectivity index (χ2n) is 6.33. The van der Waals surface area contributed by atoms with E-state index in [1.807, 2.05) is 0 Å². The van der Waals surface area contributed by atoms with Gasteiger partial charge in [0.1, 0.15) is 0 Å². The van der Waals surface area contributed by atoms with Crippen LogP contribution >= 0.6 is 0 Å². The van der Waals surface area contributed by atoms with Crippen molar-refractivity contribution in [1.82, 2.24) is 5.32 Å². The van der Waals surface area contributed by atoms with E-state index >= 15 is 0 Å². The van der Waals surface area contributed by atoms with Gasteiger partial charge < -0.3 is 10.1 Å². The normalized spacial score (nSPS) is 26.5. The molecule has 0 saturated heterocycles. The third-order valence-corrected chi connectivity index (χ3v) is 4.99. The van der Waals surface area contributed by atoms with Crippen LogP contribution in [0.2, 0.25) is 0 Å². The van der Waals surface area contributed by atoms with Crippen molar-refractivity contribution in [2.24, 2.45) is 5.41 Å². The van der Waals surface area contributed by atoms with Gasteiger partial charge in [-0.1, -0.05) is 12.8 Å². The zero-order chi connectivity index (χ0) is 12.1. The van der Waals surface area contributed by atoms with Crippen molar-refractivity contribution in [3.8, 4) is 0 Å². The molecule has 0 bridgehead atoms. The van der Waals surface area contributed by atoms with Crippen LogP contribution in [0.5, 0.6) is 0 Å². The predicted octanol–water partition coefficient (Wildman–Crippen LogP) is 3.50. The van der Waals surface area contributed by atoms with E-state index in [0.29, 0.717) is 6.04 Å². The summed E-state index contributed by atoms with van der Waals surface area (Å²) in [5.74, 6) is 0. The SMILES string of the molecule is COCCC(C)NC1CCC2(CCCC2)CC1. The minimum absolute atomic E-state index is 0.609. The fourth-order valence-corrected chi connectivity index (χ4v) is 3.80. The van der Waals surface area contributed by atoms with Crippen LogP contribution in [0, 0.1) is 5.41 Å². The van der Waals surface area contributed by atoms with Crippen LogP contribution in [0.25, 0.3) is 0 Å². The van der Waals surface area contributed by atoms with Gasteiger partial charge in [-0.25, -0.2) is 0 Å². The summed E-state index contributed by atoms with van der Waals surface area (Å²) in [4.78, 5) is 0. The Kier molecular flexibility index (Phi) is 4.87. The Morgan fingerprint density at radius 1 is 1.18 bits per heavy atom. The highest BCUT2D eigenvalue weighted by molar-refractivity contribution is 4.91. The summed E-state index contributed by atoms with van der Waals surface area (Å²) in [6, 6.07) is 1.38. The van der Waals surface area contributed by atoms with Crippen molar-refractivity contribution < 1.29 is 4.74 Å². The number of hydrogen-bond acceptors (Lipinski definition) is 2. The molecule has 0 aliphatic heterocycles. The Morgan fingerprint density at radius 2 is 1.82 bits per heavy atom. The summed E-state index contributed by atoms with van der Waals surface area (Å²) in [5, 5.41) is 3.78. The van der Waals surface area contributed by atoms with Gasteiger partial charge in [0.05, 0.1) is 0 Å². The van der Waals surface area contributed by atoms with Gasteiger partial charge >= 0.3 is 0 Å². The summed E-state index contributed by atoms with van der Waals surface area (Å²) in [5.41, 5.74) is 0.772. The highest BCUT2D eigenvalue weighted by Gasteiger charge is 2.37. The lowest BCUT2D eigenvalue weighted by Gasteiger charge is -2.38. The first-order valence-electron chi connectivity index (χ1n) is 7.49. The molecule has 17 heavy (non-hydrogen) atoms. The van der Waals surface area contributed by atoms with E-state index in [-0.39, 0.29) is 0 Å². The van der Waals surface area contributed by atoms with Crippen LogP contribution in [0.3, 0.4) is 0 Å². The molecular formula is C15H29NO. The standard InChI is InChI=1S/C15H29NO/c1-13(7-12-17-2)16-14-5-10-15(11-6-14)8-3-4-9-15/h13-14,16H,3-12H2,1-2H3. The van der Waals surface area contributed by atoms with Gasteiger partial charge in [0.2, 0.25) is 0 Å². The fourth-order valence-electron chi connectivity index (χ4n) is 3.80. The molecule has 0 aromatic rings. The van der Waals surface area contributed by atoms with Gasteiger partial charge in [-0.3, -0.25) is 0 Å². The lowest BCUT2D eigenvalue weighted by atomic mass is 9.71. The number of ether oxygens (including phenoxy) is 1. The van der Waals surface area contributed by atoms with Crippen LogP contribution in [-0.2, 0) is 4.74 Å². The van der Waals surface area contributed by atoms with E-state index in [4.69, 9.17) is 4.74 Å². The Labute approximate surface area is 107 Å². The maximum atomic E-state index is 5.14. The van der Waals surface area contributed by atoms with Crippen LogP contribution in [0.1, 0.15) is 64.7 Å². The quantitative estimate of drug-likeness (QED) is 0.793. The van der Waals surface area contributed by atoms with Crippen molar-refractivity contribution in [3.63, 3.8) is 0 Å². The van der Waals surface area contributed by atoms with E-state index in [9.17, 15) is 0 Å². The number of hydrogen-bond donors (Lipinski definition) is 1. The average molecular weight is 239 g/mol. The van der Waals surface area contributed by atoms with Crippen LogP contribution < -0.4 is 5.32 Å². The molecule has 2 nitrogen and oxygen atoms in total. The molecule has 2 saturated carbocycles. The van der Waals surface area contributed by atoms with E-state index in [1.165, 1.54) is 51.4 Å². The molecule has 1 unspecified atom stereocenters. The van der Waals surface area contributed by atoms with E-state index in [0.717, 1.165) is 24.5 Å². The van der Waals surface area contributed by atoms with Crippen molar-refractivity contribution in [3.05, 3.63) is 0 Å². The van der Waals surface area contributed by atoms with Crippen molar-refractivity contribution in [2.75, 3.05) is 13.7 Å². The largest absolute Gasteiger partial charge is 0.385 e. The maximum absolute atomic E-state index is 5.14. The van der Waals surface area contributed by atoms with Crippen molar-refractivity contribution in [2.45, 2.75) is 76.8 Å². The third-order valence-electron chi connectivity index (χ3n) is 4.99. The number of methoxy groups -OCH3 is 1. The molecular weight excluding hydrogens is 210 g/mol. The molecule has 1 atom stereocenters. The summed E-state index contributed by atoms with van der Waals surface area (Å²) in [7, 11) is 1.79. The Morgan fingerprint density at radius 3 is 2.41 bits per heavy atom. The second kappa shape index (κ2) is 6.19. The molecule has 2 aliphatic rings. The molecule has 2 heteroatoms. The predicted molar refractivity (Wildman–Crippen MR) is 72.2 cm³/mol. The number of nitrogens with one attached hydrogen (secondary N) is 1. The van der Waals surface area contributed by atoms with Gasteiger partial charge in [0.25, 0.3) is 0 Å². The summed E-state index contributed by atoms with van der Waals surface area (Å²) >= 11 is 0. The van der Waals surface area contributed by atoms with Crippen LogP contribution in [-0.4, -0.2) is 25.8 Å². The molecule has 2 fully saturated rings. The van der Waals surface area contributed by atoms with E-state index < -0.39 is 0 Å². The zero-order valence-corrected chi connectivity index (χ0v) is 11.6. The van der Waals surface area contributed by atoms with Gasteiger partial charge in [-0.2, -0.15) is 0 Å². The molecule has 0 aromatic heterocycles. The second-order valence-corrected chi connectivity index (χ2v) is 6.33. The molecule has 0 heterocycles. The molecule has 2 aliphatic carbocycles. The smallest absolute Gasteiger partial charge is 0.0476 e. The minimum atomic E-state index is 0.609. The lowest BCUT2D eigenvalue weighted by Crippen LogP contribution is -2.41. The zero-order valence-electron chi connectivity index (χ0n) is 11.6. The Bertz CT molecular complexity index is 213. The van der Waals surface area contributed by atoms with Crippen LogP contribution in [0.4, 0.5) is 0 Å². The van der Waals surface area contributed by atoms with Gasteiger partial charge in [-0.05, 0) is 57.3 Å². The monoisotopic (exact) mass is 239 g/mol. The highest BCUT2D eigenvalue weighted by atomic mass is 16.5. The molecule has 0 radical (unpaired) electrons. The first-order chi connectivity index (χ1) is 8.24. The molecule has 0 amide bonds. The first-order valence-corrected chi connectivity index (χ1v) is 7.49. The fraction of sp³-hybridized carbons (Fsp3) is 1.00. The van der Waals surface area contributed by atoms with Gasteiger partial charge in [0, 0.05) is 25.8 Å². The van der Waals surface area contributed by atoms with Crippen molar-refractivity contribution in [1.29, 1.82) is 0 Å². The lowest BCUT2D eigenvalue weighted by molar-refractivity contribution is 0.152. The minimum Gasteiger partial charge on any atom is -0.385 e. The molecule has 2 rings (SSSR count). The number of rotatable bonds is 5. The molecule has 1 spiro atoms. The molecule has 1 N–H and O–H groups in total. The van der Waals surface area contributed by atoms with E-state index in [1.54, 1.807) is 7.11 Å². The van der Waals surface area contributed by atoms with Gasteiger partial charge in [-0.15, -0.1) is 0 Å². The Hall–Kier alpha value is -0.0800. The van der Waals surface area contributed by atoms with E-state index in [2.05, 4.69) is 12.2 Å². The third kappa shape index (κ3) is 3.69.